The molecule has 15 heavy (non-hydrogen) atoms. The monoisotopic (exact) mass is 230 g/mol. The molecule has 0 aliphatic carbocycles. The summed E-state index contributed by atoms with van der Waals surface area (Å²) < 4.78 is 26.5. The molecule has 0 spiro atoms. The van der Waals surface area contributed by atoms with Crippen LogP contribution in [0.3, 0.4) is 0 Å². The van der Waals surface area contributed by atoms with Gasteiger partial charge in [-0.25, -0.2) is 8.42 Å². The van der Waals surface area contributed by atoms with Crippen molar-refractivity contribution >= 4 is 15.6 Å². The normalized spacial score (nSPS) is 12.8. The van der Waals surface area contributed by atoms with E-state index in [0.29, 0.717) is 5.76 Å². The summed E-state index contributed by atoms with van der Waals surface area (Å²) in [7, 11) is -3.45. The number of carbonyl (C=O) groups is 1. The predicted molar refractivity (Wildman–Crippen MR) is 56.7 cm³/mol. The first-order chi connectivity index (χ1) is 6.66. The summed E-state index contributed by atoms with van der Waals surface area (Å²) in [6.45, 7) is 4.45. The summed E-state index contributed by atoms with van der Waals surface area (Å²) in [5.41, 5.74) is 0. The fourth-order valence-electron chi connectivity index (χ4n) is 1.02. The Morgan fingerprint density at radius 1 is 1.33 bits per heavy atom. The number of rotatable bonds is 3. The van der Waals surface area contributed by atoms with Crippen LogP contribution >= 0.6 is 0 Å². The molecule has 0 fully saturated rings. The minimum absolute atomic E-state index is 0.0860. The highest BCUT2D eigenvalue weighted by Crippen LogP contribution is 2.22. The topological polar surface area (TPSA) is 64.3 Å². The molecule has 0 saturated heterocycles. The van der Waals surface area contributed by atoms with Crippen LogP contribution < -0.4 is 0 Å². The van der Waals surface area contributed by atoms with E-state index in [0.717, 1.165) is 6.26 Å². The summed E-state index contributed by atoms with van der Waals surface area (Å²) in [6.07, 6.45) is 1.04. The molecule has 1 heterocycles. The van der Waals surface area contributed by atoms with Gasteiger partial charge >= 0.3 is 0 Å². The second-order valence-corrected chi connectivity index (χ2v) is 6.59. The Bertz CT molecular complexity index is 479. The second-order valence-electron chi connectivity index (χ2n) is 4.02. The van der Waals surface area contributed by atoms with Crippen LogP contribution in [0, 0.1) is 6.92 Å². The summed E-state index contributed by atoms with van der Waals surface area (Å²) in [5.74, 6) is 0.156. The Balaban J connectivity index is 3.16. The van der Waals surface area contributed by atoms with Crippen LogP contribution in [0.2, 0.25) is 0 Å². The van der Waals surface area contributed by atoms with Crippen molar-refractivity contribution in [3.8, 4) is 0 Å². The summed E-state index contributed by atoms with van der Waals surface area (Å²) in [4.78, 5) is 11.9. The minimum Gasteiger partial charge on any atom is -0.458 e. The van der Waals surface area contributed by atoms with Gasteiger partial charge in [0, 0.05) is 6.26 Å². The van der Waals surface area contributed by atoms with Crippen LogP contribution in [0.15, 0.2) is 16.5 Å². The highest BCUT2D eigenvalue weighted by Gasteiger charge is 2.40. The third-order valence-electron chi connectivity index (χ3n) is 2.44. The number of carbonyl (C=O) groups excluding carboxylic acids is 1. The van der Waals surface area contributed by atoms with Gasteiger partial charge in [0.2, 0.25) is 5.78 Å². The highest BCUT2D eigenvalue weighted by atomic mass is 32.2. The third-order valence-corrected chi connectivity index (χ3v) is 4.48. The van der Waals surface area contributed by atoms with E-state index in [9.17, 15) is 13.2 Å². The van der Waals surface area contributed by atoms with Crippen molar-refractivity contribution in [3.63, 3.8) is 0 Å². The Kier molecular flexibility index (Phi) is 2.78. The molecule has 0 bridgehead atoms. The number of hydrogen-bond acceptors (Lipinski definition) is 4. The van der Waals surface area contributed by atoms with Crippen LogP contribution in [-0.4, -0.2) is 25.2 Å². The lowest BCUT2D eigenvalue weighted by Crippen LogP contribution is -2.39. The van der Waals surface area contributed by atoms with Crippen molar-refractivity contribution in [3.05, 3.63) is 23.7 Å². The van der Waals surface area contributed by atoms with E-state index < -0.39 is 20.4 Å². The van der Waals surface area contributed by atoms with Crippen molar-refractivity contribution in [2.75, 3.05) is 6.26 Å². The molecule has 0 saturated carbocycles. The molecule has 0 aliphatic heterocycles. The van der Waals surface area contributed by atoms with Crippen molar-refractivity contribution < 1.29 is 17.6 Å². The van der Waals surface area contributed by atoms with Gasteiger partial charge in [0.25, 0.3) is 0 Å². The summed E-state index contributed by atoms with van der Waals surface area (Å²) in [5, 5.41) is 0. The smallest absolute Gasteiger partial charge is 0.218 e. The SMILES string of the molecule is Cc1ccc(C(=O)C(C)(C)S(C)(=O)=O)o1. The fourth-order valence-corrected chi connectivity index (χ4v) is 1.46. The van der Waals surface area contributed by atoms with E-state index in [-0.39, 0.29) is 5.76 Å². The van der Waals surface area contributed by atoms with E-state index in [1.807, 2.05) is 0 Å². The number of Topliss-reactive ketones (excluding diaryl/α,β-unsaturated/α-hetero) is 1. The second kappa shape index (κ2) is 3.48. The molecule has 0 aromatic carbocycles. The average Bonchev–Trinajstić information content (AvgIpc) is 2.48. The maximum atomic E-state index is 11.9. The van der Waals surface area contributed by atoms with Crippen LogP contribution in [0.25, 0.3) is 0 Å². The zero-order chi connectivity index (χ0) is 11.9. The van der Waals surface area contributed by atoms with E-state index >= 15 is 0 Å². The largest absolute Gasteiger partial charge is 0.458 e. The molecule has 0 unspecified atom stereocenters. The summed E-state index contributed by atoms with van der Waals surface area (Å²) >= 11 is 0. The molecule has 0 atom stereocenters. The van der Waals surface area contributed by atoms with Crippen molar-refractivity contribution in [1.82, 2.24) is 0 Å². The number of aryl methyl sites for hydroxylation is 1. The van der Waals surface area contributed by atoms with Crippen molar-refractivity contribution in [1.29, 1.82) is 0 Å². The first kappa shape index (κ1) is 12.0. The quantitative estimate of drug-likeness (QED) is 0.740. The van der Waals surface area contributed by atoms with E-state index in [1.54, 1.807) is 13.0 Å². The van der Waals surface area contributed by atoms with Crippen LogP contribution in [0.4, 0.5) is 0 Å². The Hall–Kier alpha value is -1.10. The molecule has 0 amide bonds. The number of sulfone groups is 1. The first-order valence-electron chi connectivity index (χ1n) is 4.47. The van der Waals surface area contributed by atoms with Gasteiger partial charge in [-0.3, -0.25) is 4.79 Å². The van der Waals surface area contributed by atoms with Gasteiger partial charge in [-0.15, -0.1) is 0 Å². The minimum atomic E-state index is -3.45. The van der Waals surface area contributed by atoms with E-state index in [2.05, 4.69) is 0 Å². The Morgan fingerprint density at radius 2 is 1.87 bits per heavy atom. The molecule has 5 heteroatoms. The van der Waals surface area contributed by atoms with Gasteiger partial charge < -0.3 is 4.42 Å². The maximum Gasteiger partial charge on any atom is 0.218 e. The number of furan rings is 1. The molecule has 4 nitrogen and oxygen atoms in total. The van der Waals surface area contributed by atoms with Crippen molar-refractivity contribution in [2.24, 2.45) is 0 Å². The van der Waals surface area contributed by atoms with E-state index in [4.69, 9.17) is 4.42 Å². The molecule has 84 valence electrons. The first-order valence-corrected chi connectivity index (χ1v) is 6.36. The van der Waals surface area contributed by atoms with Gasteiger partial charge in [0.15, 0.2) is 15.6 Å². The molecule has 0 N–H and O–H groups in total. The molecule has 1 aromatic heterocycles. The lowest BCUT2D eigenvalue weighted by atomic mass is 10.1. The van der Waals surface area contributed by atoms with Gasteiger partial charge in [0.05, 0.1) is 0 Å². The standard InChI is InChI=1S/C10H14O4S/c1-7-5-6-8(14-7)9(11)10(2,3)15(4,12)13/h5-6H,1-4H3. The molecule has 1 aromatic rings. The maximum absolute atomic E-state index is 11.9. The molecular formula is C10H14O4S. The number of ketones is 1. The fraction of sp³-hybridized carbons (Fsp3) is 0.500. The Labute approximate surface area is 89.2 Å². The van der Waals surface area contributed by atoms with E-state index in [1.165, 1.54) is 19.9 Å². The molecule has 0 aliphatic rings. The van der Waals surface area contributed by atoms with Gasteiger partial charge in [-0.2, -0.15) is 0 Å². The Morgan fingerprint density at radius 3 is 2.20 bits per heavy atom. The lowest BCUT2D eigenvalue weighted by molar-refractivity contribution is 0.0925. The summed E-state index contributed by atoms with van der Waals surface area (Å²) in [6, 6.07) is 3.12. The predicted octanol–water partition coefficient (Wildman–Crippen LogP) is 1.59. The zero-order valence-corrected chi connectivity index (χ0v) is 10.0. The van der Waals surface area contributed by atoms with Crippen molar-refractivity contribution in [2.45, 2.75) is 25.5 Å². The number of hydrogen-bond donors (Lipinski definition) is 0. The van der Waals surface area contributed by atoms with Gasteiger partial charge in [-0.1, -0.05) is 0 Å². The zero-order valence-electron chi connectivity index (χ0n) is 9.20. The third kappa shape index (κ3) is 2.12. The van der Waals surface area contributed by atoms with Gasteiger partial charge in [-0.05, 0) is 32.9 Å². The van der Waals surface area contributed by atoms with Gasteiger partial charge in [0.1, 0.15) is 10.5 Å². The lowest BCUT2D eigenvalue weighted by Gasteiger charge is -2.19. The molecule has 1 rings (SSSR count). The molecular weight excluding hydrogens is 216 g/mol. The van der Waals surface area contributed by atoms with Crippen LogP contribution in [0.1, 0.15) is 30.2 Å². The van der Waals surface area contributed by atoms with Crippen LogP contribution in [0.5, 0.6) is 0 Å². The average molecular weight is 230 g/mol. The van der Waals surface area contributed by atoms with Crippen LogP contribution in [-0.2, 0) is 9.84 Å². The highest BCUT2D eigenvalue weighted by molar-refractivity contribution is 7.92. The molecule has 0 radical (unpaired) electrons.